The quantitative estimate of drug-likeness (QED) is 0.880. The Labute approximate surface area is 133 Å². The molecule has 1 aliphatic rings. The minimum absolute atomic E-state index is 0.0369. The molecule has 5 heteroatoms. The molecule has 0 spiro atoms. The number of amides is 1. The van der Waals surface area contributed by atoms with Gasteiger partial charge in [-0.05, 0) is 47.5 Å². The van der Waals surface area contributed by atoms with Crippen LogP contribution < -0.4 is 5.32 Å². The second kappa shape index (κ2) is 6.04. The maximum atomic E-state index is 12.2. The monoisotopic (exact) mass is 359 g/mol. The van der Waals surface area contributed by atoms with Gasteiger partial charge in [-0.1, -0.05) is 25.4 Å². The van der Waals surface area contributed by atoms with E-state index in [1.807, 2.05) is 6.92 Å². The Kier molecular flexibility index (Phi) is 4.77. The summed E-state index contributed by atoms with van der Waals surface area (Å²) in [5, 5.41) is 3.60. The first-order chi connectivity index (χ1) is 9.36. The highest BCUT2D eigenvalue weighted by molar-refractivity contribution is 9.10. The summed E-state index contributed by atoms with van der Waals surface area (Å²) >= 11 is 9.33. The van der Waals surface area contributed by atoms with E-state index in [4.69, 9.17) is 16.3 Å². The maximum absolute atomic E-state index is 12.2. The fourth-order valence-corrected chi connectivity index (χ4v) is 2.92. The van der Waals surface area contributed by atoms with Crippen molar-refractivity contribution in [2.45, 2.75) is 39.3 Å². The van der Waals surface area contributed by atoms with Gasteiger partial charge in [-0.2, -0.15) is 0 Å². The molecule has 1 aromatic carbocycles. The summed E-state index contributed by atoms with van der Waals surface area (Å²) < 4.78 is 6.45. The standard InChI is InChI=1S/C15H19BrClNO2/c1-4-20-13-8-12(15(13,2)3)18-14(19)9-5-6-10(16)11(17)7-9/h5-7,12-13H,4,8H2,1-3H3,(H,18,19). The van der Waals surface area contributed by atoms with Gasteiger partial charge in [0.2, 0.25) is 0 Å². The van der Waals surface area contributed by atoms with Crippen LogP contribution in [0.25, 0.3) is 0 Å². The molecule has 1 aromatic rings. The lowest BCUT2D eigenvalue weighted by atomic mass is 9.64. The predicted molar refractivity (Wildman–Crippen MR) is 84.2 cm³/mol. The van der Waals surface area contributed by atoms with Crippen LogP contribution in [0.4, 0.5) is 0 Å². The molecule has 1 saturated carbocycles. The highest BCUT2D eigenvalue weighted by Gasteiger charge is 2.49. The molecule has 1 fully saturated rings. The van der Waals surface area contributed by atoms with Crippen LogP contribution in [0.3, 0.4) is 0 Å². The largest absolute Gasteiger partial charge is 0.378 e. The van der Waals surface area contributed by atoms with Crippen LogP contribution in [0.5, 0.6) is 0 Å². The summed E-state index contributed by atoms with van der Waals surface area (Å²) in [6, 6.07) is 5.35. The first-order valence-electron chi connectivity index (χ1n) is 6.73. The summed E-state index contributed by atoms with van der Waals surface area (Å²) in [5.74, 6) is -0.0903. The fraction of sp³-hybridized carbons (Fsp3) is 0.533. The van der Waals surface area contributed by atoms with Crippen LogP contribution in [0.1, 0.15) is 37.6 Å². The van der Waals surface area contributed by atoms with E-state index in [1.165, 1.54) is 0 Å². The van der Waals surface area contributed by atoms with Crippen molar-refractivity contribution in [1.29, 1.82) is 0 Å². The van der Waals surface area contributed by atoms with Crippen LogP contribution in [0.2, 0.25) is 5.02 Å². The van der Waals surface area contributed by atoms with Crippen LogP contribution in [0.15, 0.2) is 22.7 Å². The van der Waals surface area contributed by atoms with E-state index in [0.717, 1.165) is 10.9 Å². The van der Waals surface area contributed by atoms with Crippen molar-refractivity contribution in [2.75, 3.05) is 6.61 Å². The number of rotatable bonds is 4. The number of carbonyl (C=O) groups excluding carboxylic acids is 1. The summed E-state index contributed by atoms with van der Waals surface area (Å²) in [6.07, 6.45) is 1.07. The second-order valence-electron chi connectivity index (χ2n) is 5.66. The van der Waals surface area contributed by atoms with Gasteiger partial charge >= 0.3 is 0 Å². The lowest BCUT2D eigenvalue weighted by Gasteiger charge is -2.51. The summed E-state index contributed by atoms with van der Waals surface area (Å²) in [7, 11) is 0. The van der Waals surface area contributed by atoms with Crippen LogP contribution in [0, 0.1) is 5.41 Å². The zero-order valence-corrected chi connectivity index (χ0v) is 14.2. The average Bonchev–Trinajstić information content (AvgIpc) is 2.40. The number of hydrogen-bond acceptors (Lipinski definition) is 2. The Morgan fingerprint density at radius 2 is 2.25 bits per heavy atom. The number of benzene rings is 1. The Morgan fingerprint density at radius 1 is 1.55 bits per heavy atom. The van der Waals surface area contributed by atoms with Crippen LogP contribution in [-0.4, -0.2) is 24.7 Å². The molecule has 110 valence electrons. The summed E-state index contributed by atoms with van der Waals surface area (Å²) in [4.78, 5) is 12.2. The minimum Gasteiger partial charge on any atom is -0.378 e. The van der Waals surface area contributed by atoms with E-state index in [-0.39, 0.29) is 23.5 Å². The molecule has 0 heterocycles. The van der Waals surface area contributed by atoms with E-state index in [1.54, 1.807) is 18.2 Å². The molecule has 0 bridgehead atoms. The van der Waals surface area contributed by atoms with Gasteiger partial charge in [0.05, 0.1) is 11.1 Å². The molecular formula is C15H19BrClNO2. The molecule has 0 radical (unpaired) electrons. The van der Waals surface area contributed by atoms with Crippen molar-refractivity contribution in [3.05, 3.63) is 33.3 Å². The number of ether oxygens (including phenoxy) is 1. The molecule has 20 heavy (non-hydrogen) atoms. The zero-order valence-electron chi connectivity index (χ0n) is 11.9. The third-order valence-electron chi connectivity index (χ3n) is 4.03. The lowest BCUT2D eigenvalue weighted by molar-refractivity contribution is -0.111. The number of carbonyl (C=O) groups is 1. The molecule has 0 saturated heterocycles. The smallest absolute Gasteiger partial charge is 0.251 e. The van der Waals surface area contributed by atoms with E-state index < -0.39 is 0 Å². The van der Waals surface area contributed by atoms with Crippen molar-refractivity contribution in [1.82, 2.24) is 5.32 Å². The van der Waals surface area contributed by atoms with E-state index in [9.17, 15) is 4.79 Å². The first kappa shape index (κ1) is 15.8. The van der Waals surface area contributed by atoms with Crippen molar-refractivity contribution >= 4 is 33.4 Å². The van der Waals surface area contributed by atoms with Gasteiger partial charge in [-0.25, -0.2) is 0 Å². The molecular weight excluding hydrogens is 342 g/mol. The molecule has 3 nitrogen and oxygen atoms in total. The number of hydrogen-bond donors (Lipinski definition) is 1. The summed E-state index contributed by atoms with van der Waals surface area (Å²) in [6.45, 7) is 6.94. The van der Waals surface area contributed by atoms with E-state index in [2.05, 4.69) is 35.1 Å². The zero-order chi connectivity index (χ0) is 14.9. The van der Waals surface area contributed by atoms with Crippen molar-refractivity contribution in [2.24, 2.45) is 5.41 Å². The number of halogens is 2. The molecule has 0 aromatic heterocycles. The topological polar surface area (TPSA) is 38.3 Å². The molecule has 0 aliphatic heterocycles. The van der Waals surface area contributed by atoms with E-state index >= 15 is 0 Å². The average molecular weight is 361 g/mol. The lowest BCUT2D eigenvalue weighted by Crippen LogP contribution is -2.62. The maximum Gasteiger partial charge on any atom is 0.251 e. The first-order valence-corrected chi connectivity index (χ1v) is 7.91. The van der Waals surface area contributed by atoms with Gasteiger partial charge in [-0.15, -0.1) is 0 Å². The van der Waals surface area contributed by atoms with Gasteiger partial charge in [-0.3, -0.25) is 4.79 Å². The Hall–Kier alpha value is -0.580. The third-order valence-corrected chi connectivity index (χ3v) is 5.27. The second-order valence-corrected chi connectivity index (χ2v) is 6.92. The highest BCUT2D eigenvalue weighted by atomic mass is 79.9. The highest BCUT2D eigenvalue weighted by Crippen LogP contribution is 2.42. The normalized spacial score (nSPS) is 24.1. The van der Waals surface area contributed by atoms with Gasteiger partial charge < -0.3 is 10.1 Å². The summed E-state index contributed by atoms with van der Waals surface area (Å²) in [5.41, 5.74) is 0.541. The minimum atomic E-state index is -0.0903. The Bertz CT molecular complexity index is 519. The SMILES string of the molecule is CCOC1CC(NC(=O)c2ccc(Br)c(Cl)c2)C1(C)C. The third kappa shape index (κ3) is 3.02. The van der Waals surface area contributed by atoms with Gasteiger partial charge in [0.25, 0.3) is 5.91 Å². The van der Waals surface area contributed by atoms with Crippen molar-refractivity contribution in [3.8, 4) is 0 Å². The Morgan fingerprint density at radius 3 is 2.80 bits per heavy atom. The van der Waals surface area contributed by atoms with Crippen LogP contribution >= 0.6 is 27.5 Å². The van der Waals surface area contributed by atoms with E-state index in [0.29, 0.717) is 17.2 Å². The molecule has 1 N–H and O–H groups in total. The molecule has 1 aliphatic carbocycles. The Balaban J connectivity index is 2.01. The van der Waals surface area contributed by atoms with Crippen molar-refractivity contribution in [3.63, 3.8) is 0 Å². The fourth-order valence-electron chi connectivity index (χ4n) is 2.49. The van der Waals surface area contributed by atoms with Crippen molar-refractivity contribution < 1.29 is 9.53 Å². The predicted octanol–water partition coefficient (Wildman–Crippen LogP) is 4.04. The molecule has 1 amide bonds. The van der Waals surface area contributed by atoms with Gasteiger partial charge in [0.15, 0.2) is 0 Å². The molecule has 2 rings (SSSR count). The van der Waals surface area contributed by atoms with Gasteiger partial charge in [0, 0.05) is 28.1 Å². The van der Waals surface area contributed by atoms with Gasteiger partial charge in [0.1, 0.15) is 0 Å². The number of nitrogens with one attached hydrogen (secondary N) is 1. The molecule has 2 unspecified atom stereocenters. The van der Waals surface area contributed by atoms with Crippen LogP contribution in [-0.2, 0) is 4.74 Å². The molecule has 2 atom stereocenters.